The second kappa shape index (κ2) is 7.53. The van der Waals surface area contributed by atoms with E-state index < -0.39 is 0 Å². The van der Waals surface area contributed by atoms with Gasteiger partial charge in [0.05, 0.1) is 10.7 Å². The summed E-state index contributed by atoms with van der Waals surface area (Å²) < 4.78 is 0. The van der Waals surface area contributed by atoms with Crippen molar-refractivity contribution in [2.75, 3.05) is 13.6 Å². The topological polar surface area (TPSA) is 49.3 Å². The van der Waals surface area contributed by atoms with Gasteiger partial charge in [-0.3, -0.25) is 4.99 Å². The highest BCUT2D eigenvalue weighted by Gasteiger charge is 2.39. The van der Waals surface area contributed by atoms with E-state index in [2.05, 4.69) is 46.6 Å². The molecule has 1 heterocycles. The van der Waals surface area contributed by atoms with Crippen molar-refractivity contribution in [3.8, 4) is 0 Å². The van der Waals surface area contributed by atoms with Gasteiger partial charge in [-0.05, 0) is 38.0 Å². The number of nitrogens with one attached hydrogen (secondary N) is 2. The first-order valence-electron chi connectivity index (χ1n) is 8.22. The zero-order valence-electron chi connectivity index (χ0n) is 14.3. The molecule has 2 aromatic rings. The number of aliphatic imine (C=N–C) groups is 1. The van der Waals surface area contributed by atoms with Crippen molar-refractivity contribution in [1.29, 1.82) is 0 Å². The van der Waals surface area contributed by atoms with Crippen LogP contribution in [0.1, 0.15) is 33.5 Å². The summed E-state index contributed by atoms with van der Waals surface area (Å²) >= 11 is 7.85. The highest BCUT2D eigenvalue weighted by Crippen LogP contribution is 2.41. The third kappa shape index (κ3) is 4.28. The summed E-state index contributed by atoms with van der Waals surface area (Å²) in [5.74, 6) is 1.38. The molecule has 2 atom stereocenters. The number of hydrogen-bond donors (Lipinski definition) is 2. The molecule has 0 spiro atoms. The van der Waals surface area contributed by atoms with Crippen LogP contribution in [0.25, 0.3) is 0 Å². The standard InChI is InChI=1S/C18H23ClN4S/c1-11-12(2)24-17(22-11)7-8-21-18(20-3)23-16-10-15(16)13-5-4-6-14(19)9-13/h4-6,9,15-16H,7-8,10H2,1-3H3,(H2,20,21,23). The highest BCUT2D eigenvalue weighted by molar-refractivity contribution is 7.11. The van der Waals surface area contributed by atoms with Gasteiger partial charge >= 0.3 is 0 Å². The average molecular weight is 363 g/mol. The van der Waals surface area contributed by atoms with E-state index in [9.17, 15) is 0 Å². The lowest BCUT2D eigenvalue weighted by molar-refractivity contribution is 0.777. The van der Waals surface area contributed by atoms with Crippen LogP contribution in [0.2, 0.25) is 5.02 Å². The first kappa shape index (κ1) is 17.2. The van der Waals surface area contributed by atoms with E-state index in [1.807, 2.05) is 19.2 Å². The van der Waals surface area contributed by atoms with Crippen LogP contribution in [-0.2, 0) is 6.42 Å². The quantitative estimate of drug-likeness (QED) is 0.630. The van der Waals surface area contributed by atoms with Crippen molar-refractivity contribution in [1.82, 2.24) is 15.6 Å². The number of thiazole rings is 1. The minimum Gasteiger partial charge on any atom is -0.356 e. The molecule has 24 heavy (non-hydrogen) atoms. The van der Waals surface area contributed by atoms with Crippen molar-refractivity contribution < 1.29 is 0 Å². The molecular formula is C18H23ClN4S. The Hall–Kier alpha value is -1.59. The second-order valence-corrected chi connectivity index (χ2v) is 7.87. The fraction of sp³-hybridized carbons (Fsp3) is 0.444. The molecule has 0 amide bonds. The molecule has 0 bridgehead atoms. The van der Waals surface area contributed by atoms with Crippen LogP contribution in [0.15, 0.2) is 29.3 Å². The lowest BCUT2D eigenvalue weighted by Crippen LogP contribution is -2.39. The van der Waals surface area contributed by atoms with Gasteiger partial charge in [-0.1, -0.05) is 23.7 Å². The summed E-state index contributed by atoms with van der Waals surface area (Å²) in [6, 6.07) is 8.55. The summed E-state index contributed by atoms with van der Waals surface area (Å²) in [6.45, 7) is 5.01. The molecule has 1 fully saturated rings. The molecule has 6 heteroatoms. The first-order chi connectivity index (χ1) is 11.6. The monoisotopic (exact) mass is 362 g/mol. The minimum atomic E-state index is 0.430. The van der Waals surface area contributed by atoms with Crippen LogP contribution in [0.5, 0.6) is 0 Å². The number of rotatable bonds is 5. The number of guanidine groups is 1. The first-order valence-corrected chi connectivity index (χ1v) is 9.42. The molecule has 0 radical (unpaired) electrons. The van der Waals surface area contributed by atoms with E-state index in [1.165, 1.54) is 15.4 Å². The Morgan fingerprint density at radius 3 is 2.92 bits per heavy atom. The van der Waals surface area contributed by atoms with E-state index in [0.29, 0.717) is 12.0 Å². The van der Waals surface area contributed by atoms with Crippen molar-refractivity contribution in [2.45, 2.75) is 38.6 Å². The second-order valence-electron chi connectivity index (χ2n) is 6.15. The van der Waals surface area contributed by atoms with Crippen LogP contribution in [0.3, 0.4) is 0 Å². The van der Waals surface area contributed by atoms with Crippen LogP contribution in [0, 0.1) is 13.8 Å². The third-order valence-corrected chi connectivity index (χ3v) is 5.68. The molecule has 4 nitrogen and oxygen atoms in total. The van der Waals surface area contributed by atoms with Crippen molar-refractivity contribution in [3.05, 3.63) is 50.4 Å². The van der Waals surface area contributed by atoms with E-state index in [-0.39, 0.29) is 0 Å². The molecule has 2 unspecified atom stereocenters. The fourth-order valence-electron chi connectivity index (χ4n) is 2.76. The van der Waals surface area contributed by atoms with E-state index in [1.54, 1.807) is 11.3 Å². The van der Waals surface area contributed by atoms with Crippen molar-refractivity contribution in [2.24, 2.45) is 4.99 Å². The van der Waals surface area contributed by atoms with Gasteiger partial charge in [-0.15, -0.1) is 11.3 Å². The molecule has 1 aromatic heterocycles. The van der Waals surface area contributed by atoms with Gasteiger partial charge in [0.1, 0.15) is 0 Å². The normalized spacial score (nSPS) is 20.1. The number of benzene rings is 1. The lowest BCUT2D eigenvalue weighted by atomic mass is 10.1. The SMILES string of the molecule is CN=C(NCCc1nc(C)c(C)s1)NC1CC1c1cccc(Cl)c1. The van der Waals surface area contributed by atoms with Gasteiger partial charge in [0, 0.05) is 41.9 Å². The largest absolute Gasteiger partial charge is 0.356 e. The van der Waals surface area contributed by atoms with E-state index >= 15 is 0 Å². The molecule has 0 saturated heterocycles. The van der Waals surface area contributed by atoms with Gasteiger partial charge in [-0.2, -0.15) is 0 Å². The Morgan fingerprint density at radius 2 is 2.25 bits per heavy atom. The lowest BCUT2D eigenvalue weighted by Gasteiger charge is -2.11. The Labute approximate surface area is 152 Å². The molecule has 2 N–H and O–H groups in total. The molecular weight excluding hydrogens is 340 g/mol. The molecule has 1 saturated carbocycles. The van der Waals surface area contributed by atoms with E-state index in [0.717, 1.165) is 36.1 Å². The number of aryl methyl sites for hydroxylation is 2. The Morgan fingerprint density at radius 1 is 1.42 bits per heavy atom. The molecule has 1 aliphatic rings. The summed E-state index contributed by atoms with van der Waals surface area (Å²) in [5, 5.41) is 8.85. The summed E-state index contributed by atoms with van der Waals surface area (Å²) in [5.41, 5.74) is 2.43. The predicted octanol–water partition coefficient (Wildman–Crippen LogP) is 3.68. The Balaban J connectivity index is 1.46. The predicted molar refractivity (Wildman–Crippen MR) is 102 cm³/mol. The summed E-state index contributed by atoms with van der Waals surface area (Å²) in [6.07, 6.45) is 2.04. The summed E-state index contributed by atoms with van der Waals surface area (Å²) in [7, 11) is 1.81. The number of halogens is 1. The number of hydrogen-bond acceptors (Lipinski definition) is 3. The number of nitrogens with zero attached hydrogens (tertiary/aromatic N) is 2. The maximum absolute atomic E-state index is 6.08. The average Bonchev–Trinajstić information content (AvgIpc) is 3.25. The Kier molecular flexibility index (Phi) is 5.41. The maximum Gasteiger partial charge on any atom is 0.191 e. The van der Waals surface area contributed by atoms with Gasteiger partial charge in [-0.25, -0.2) is 4.98 Å². The zero-order chi connectivity index (χ0) is 17.1. The minimum absolute atomic E-state index is 0.430. The van der Waals surface area contributed by atoms with Crippen LogP contribution in [0.4, 0.5) is 0 Å². The fourth-order valence-corrected chi connectivity index (χ4v) is 3.90. The van der Waals surface area contributed by atoms with Crippen LogP contribution < -0.4 is 10.6 Å². The van der Waals surface area contributed by atoms with Gasteiger partial charge in [0.25, 0.3) is 0 Å². The smallest absolute Gasteiger partial charge is 0.191 e. The Bertz CT molecular complexity index is 721. The van der Waals surface area contributed by atoms with Crippen molar-refractivity contribution in [3.63, 3.8) is 0 Å². The van der Waals surface area contributed by atoms with Crippen LogP contribution >= 0.6 is 22.9 Å². The molecule has 1 aliphatic carbocycles. The van der Waals surface area contributed by atoms with Gasteiger partial charge < -0.3 is 10.6 Å². The summed E-state index contributed by atoms with van der Waals surface area (Å²) in [4.78, 5) is 10.2. The maximum atomic E-state index is 6.08. The molecule has 3 rings (SSSR count). The van der Waals surface area contributed by atoms with Crippen molar-refractivity contribution >= 4 is 28.9 Å². The van der Waals surface area contributed by atoms with Gasteiger partial charge in [0.15, 0.2) is 5.96 Å². The molecule has 1 aromatic carbocycles. The van der Waals surface area contributed by atoms with Crippen LogP contribution in [-0.4, -0.2) is 30.6 Å². The highest BCUT2D eigenvalue weighted by atomic mass is 35.5. The zero-order valence-corrected chi connectivity index (χ0v) is 15.8. The molecule has 128 valence electrons. The van der Waals surface area contributed by atoms with Gasteiger partial charge in [0.2, 0.25) is 0 Å². The molecule has 0 aliphatic heterocycles. The third-order valence-electron chi connectivity index (χ3n) is 4.32. The van der Waals surface area contributed by atoms with E-state index in [4.69, 9.17) is 11.6 Å². The number of aromatic nitrogens is 1.